The molecule has 18 heavy (non-hydrogen) atoms. The number of hydrogen-bond donors (Lipinski definition) is 2. The summed E-state index contributed by atoms with van der Waals surface area (Å²) in [6, 6.07) is 3.99. The molecule has 0 saturated heterocycles. The van der Waals surface area contributed by atoms with Crippen molar-refractivity contribution in [3.8, 4) is 12.3 Å². The van der Waals surface area contributed by atoms with Gasteiger partial charge in [-0.05, 0) is 28.1 Å². The summed E-state index contributed by atoms with van der Waals surface area (Å²) in [6.45, 7) is 0. The van der Waals surface area contributed by atoms with Crippen LogP contribution >= 0.6 is 27.5 Å². The van der Waals surface area contributed by atoms with Gasteiger partial charge in [0.1, 0.15) is 6.04 Å². The molecular weight excluding hydrogens is 320 g/mol. The fourth-order valence-corrected chi connectivity index (χ4v) is 1.83. The highest BCUT2D eigenvalue weighted by atomic mass is 79.9. The molecular formula is C12H10BrClN2O2. The Balaban J connectivity index is 2.91. The average molecular weight is 330 g/mol. The molecule has 0 aliphatic carbocycles. The number of carbonyl (C=O) groups excluding carboxylic acids is 2. The van der Waals surface area contributed by atoms with Gasteiger partial charge < -0.3 is 11.1 Å². The molecule has 1 atom stereocenters. The van der Waals surface area contributed by atoms with Crippen LogP contribution in [-0.2, 0) is 4.79 Å². The molecule has 1 unspecified atom stereocenters. The van der Waals surface area contributed by atoms with Gasteiger partial charge in [0.05, 0.1) is 10.6 Å². The molecule has 2 amide bonds. The summed E-state index contributed by atoms with van der Waals surface area (Å²) < 4.78 is 0.587. The Morgan fingerprint density at radius 2 is 2.22 bits per heavy atom. The van der Waals surface area contributed by atoms with Crippen LogP contribution in [-0.4, -0.2) is 17.9 Å². The lowest BCUT2D eigenvalue weighted by Crippen LogP contribution is -2.44. The fraction of sp³-hybridized carbons (Fsp3) is 0.167. The van der Waals surface area contributed by atoms with Gasteiger partial charge in [-0.1, -0.05) is 17.7 Å². The average Bonchev–Trinajstić information content (AvgIpc) is 2.31. The summed E-state index contributed by atoms with van der Waals surface area (Å²) >= 11 is 9.17. The van der Waals surface area contributed by atoms with Gasteiger partial charge in [-0.3, -0.25) is 9.59 Å². The Labute approximate surface area is 118 Å². The maximum absolute atomic E-state index is 11.9. The second kappa shape index (κ2) is 6.43. The van der Waals surface area contributed by atoms with Crippen LogP contribution in [0.3, 0.4) is 0 Å². The molecule has 0 radical (unpaired) electrons. The van der Waals surface area contributed by atoms with Crippen LogP contribution in [0.25, 0.3) is 0 Å². The van der Waals surface area contributed by atoms with Gasteiger partial charge >= 0.3 is 0 Å². The number of amides is 2. The monoisotopic (exact) mass is 328 g/mol. The molecule has 0 saturated carbocycles. The molecule has 0 fully saturated rings. The number of carbonyl (C=O) groups is 2. The number of primary amides is 1. The van der Waals surface area contributed by atoms with E-state index in [9.17, 15) is 9.59 Å². The highest BCUT2D eigenvalue weighted by molar-refractivity contribution is 9.10. The van der Waals surface area contributed by atoms with Crippen molar-refractivity contribution < 1.29 is 9.59 Å². The molecule has 0 aliphatic rings. The lowest BCUT2D eigenvalue weighted by molar-refractivity contribution is -0.119. The van der Waals surface area contributed by atoms with Gasteiger partial charge in [-0.25, -0.2) is 0 Å². The Bertz CT molecular complexity index is 525. The number of nitrogens with two attached hydrogens (primary N) is 1. The first-order valence-electron chi connectivity index (χ1n) is 4.95. The minimum absolute atomic E-state index is 0.0344. The van der Waals surface area contributed by atoms with E-state index in [1.54, 1.807) is 12.1 Å². The van der Waals surface area contributed by atoms with E-state index in [4.69, 9.17) is 23.8 Å². The molecule has 1 aromatic rings. The van der Waals surface area contributed by atoms with E-state index in [1.807, 2.05) is 0 Å². The summed E-state index contributed by atoms with van der Waals surface area (Å²) in [6.07, 6.45) is 5.13. The molecule has 1 aromatic carbocycles. The molecule has 4 nitrogen and oxygen atoms in total. The van der Waals surface area contributed by atoms with E-state index < -0.39 is 17.9 Å². The summed E-state index contributed by atoms with van der Waals surface area (Å²) in [5.41, 5.74) is 5.37. The number of hydrogen-bond acceptors (Lipinski definition) is 2. The predicted molar refractivity (Wildman–Crippen MR) is 73.1 cm³/mol. The number of nitrogens with one attached hydrogen (secondary N) is 1. The van der Waals surface area contributed by atoms with Crippen LogP contribution in [0.1, 0.15) is 16.8 Å². The third-order valence-corrected chi connectivity index (χ3v) is 3.46. The van der Waals surface area contributed by atoms with Crippen molar-refractivity contribution in [2.45, 2.75) is 12.5 Å². The maximum atomic E-state index is 11.9. The van der Waals surface area contributed by atoms with Gasteiger partial charge in [-0.15, -0.1) is 12.3 Å². The minimum Gasteiger partial charge on any atom is -0.368 e. The molecule has 0 aromatic heterocycles. The zero-order valence-electron chi connectivity index (χ0n) is 9.24. The standard InChI is InChI=1S/C12H10BrClN2O2/c1-2-4-9(11(15)17)16-12(18)7-5-3-6-8(13)10(7)14/h1,3,5-6,9H,4H2,(H2,15,17)(H,16,18). The summed E-state index contributed by atoms with van der Waals surface area (Å²) in [5, 5.41) is 2.70. The smallest absolute Gasteiger partial charge is 0.253 e. The van der Waals surface area contributed by atoms with E-state index >= 15 is 0 Å². The van der Waals surface area contributed by atoms with E-state index in [0.717, 1.165) is 0 Å². The zero-order valence-corrected chi connectivity index (χ0v) is 11.6. The van der Waals surface area contributed by atoms with Crippen LogP contribution in [0.15, 0.2) is 22.7 Å². The summed E-state index contributed by atoms with van der Waals surface area (Å²) in [5.74, 6) is 1.09. The van der Waals surface area contributed by atoms with E-state index in [2.05, 4.69) is 27.2 Å². The largest absolute Gasteiger partial charge is 0.368 e. The SMILES string of the molecule is C#CCC(NC(=O)c1cccc(Br)c1Cl)C(N)=O. The lowest BCUT2D eigenvalue weighted by atomic mass is 10.1. The van der Waals surface area contributed by atoms with Crippen molar-refractivity contribution in [2.24, 2.45) is 5.73 Å². The first kappa shape index (κ1) is 14.6. The van der Waals surface area contributed by atoms with Crippen LogP contribution in [0.4, 0.5) is 0 Å². The molecule has 0 bridgehead atoms. The molecule has 0 spiro atoms. The highest BCUT2D eigenvalue weighted by Crippen LogP contribution is 2.25. The third-order valence-electron chi connectivity index (χ3n) is 2.17. The quantitative estimate of drug-likeness (QED) is 0.826. The van der Waals surface area contributed by atoms with E-state index in [0.29, 0.717) is 4.47 Å². The second-order valence-electron chi connectivity index (χ2n) is 3.44. The lowest BCUT2D eigenvalue weighted by Gasteiger charge is -2.13. The van der Waals surface area contributed by atoms with E-state index in [-0.39, 0.29) is 17.0 Å². The van der Waals surface area contributed by atoms with Crippen molar-refractivity contribution in [3.63, 3.8) is 0 Å². The van der Waals surface area contributed by atoms with Crippen LogP contribution in [0, 0.1) is 12.3 Å². The van der Waals surface area contributed by atoms with Crippen molar-refractivity contribution >= 4 is 39.3 Å². The van der Waals surface area contributed by atoms with Crippen molar-refractivity contribution in [2.75, 3.05) is 0 Å². The van der Waals surface area contributed by atoms with Gasteiger partial charge in [0.25, 0.3) is 5.91 Å². The Hall–Kier alpha value is -1.51. The first-order valence-corrected chi connectivity index (χ1v) is 6.12. The number of terminal acetylenes is 1. The molecule has 0 aliphatic heterocycles. The van der Waals surface area contributed by atoms with Gasteiger partial charge in [0, 0.05) is 10.9 Å². The molecule has 3 N–H and O–H groups in total. The molecule has 94 valence electrons. The first-order chi connectivity index (χ1) is 8.47. The van der Waals surface area contributed by atoms with E-state index in [1.165, 1.54) is 6.07 Å². The van der Waals surface area contributed by atoms with Crippen LogP contribution in [0.5, 0.6) is 0 Å². The maximum Gasteiger partial charge on any atom is 0.253 e. The second-order valence-corrected chi connectivity index (χ2v) is 4.67. The molecule has 6 heteroatoms. The zero-order chi connectivity index (χ0) is 13.7. The highest BCUT2D eigenvalue weighted by Gasteiger charge is 2.19. The third kappa shape index (κ3) is 3.49. The number of benzene rings is 1. The topological polar surface area (TPSA) is 72.2 Å². The fourth-order valence-electron chi connectivity index (χ4n) is 1.26. The van der Waals surface area contributed by atoms with Crippen molar-refractivity contribution in [1.82, 2.24) is 5.32 Å². The van der Waals surface area contributed by atoms with Gasteiger partial charge in [0.2, 0.25) is 5.91 Å². The Morgan fingerprint density at radius 3 is 2.78 bits per heavy atom. The van der Waals surface area contributed by atoms with Crippen LogP contribution < -0.4 is 11.1 Å². The summed E-state index contributed by atoms with van der Waals surface area (Å²) in [4.78, 5) is 23.0. The number of halogens is 2. The summed E-state index contributed by atoms with van der Waals surface area (Å²) in [7, 11) is 0. The van der Waals surface area contributed by atoms with Gasteiger partial charge in [-0.2, -0.15) is 0 Å². The van der Waals surface area contributed by atoms with Crippen LogP contribution in [0.2, 0.25) is 5.02 Å². The van der Waals surface area contributed by atoms with Gasteiger partial charge in [0.15, 0.2) is 0 Å². The van der Waals surface area contributed by atoms with Crippen molar-refractivity contribution in [1.29, 1.82) is 0 Å². The normalized spacial score (nSPS) is 11.4. The minimum atomic E-state index is -0.905. The predicted octanol–water partition coefficient (Wildman–Crippen LogP) is 1.71. The van der Waals surface area contributed by atoms with Crippen molar-refractivity contribution in [3.05, 3.63) is 33.3 Å². The molecule has 0 heterocycles. The number of rotatable bonds is 4. The molecule has 1 rings (SSSR count). The Morgan fingerprint density at radius 1 is 1.56 bits per heavy atom. The Kier molecular flexibility index (Phi) is 5.20.